The lowest BCUT2D eigenvalue weighted by Gasteiger charge is -2.20. The van der Waals surface area contributed by atoms with Crippen molar-refractivity contribution in [1.29, 1.82) is 5.26 Å². The number of carbonyl (C=O) groups is 2. The van der Waals surface area contributed by atoms with E-state index in [1.165, 1.54) is 12.3 Å². The number of hydrogen-bond acceptors (Lipinski definition) is 6. The summed E-state index contributed by atoms with van der Waals surface area (Å²) >= 11 is 6.69. The SMILES string of the molecule is N#Cc1cncc(COc2cc(O[C@H]3CCc4c(-c5ccccc5F)cccc43)c(Cl)cc2CNC(=O)CCCC(=O)O)c1. The molecule has 0 saturated carbocycles. The molecule has 8 nitrogen and oxygen atoms in total. The van der Waals surface area contributed by atoms with Gasteiger partial charge in [-0.3, -0.25) is 14.6 Å². The molecule has 1 atom stereocenters. The minimum atomic E-state index is -0.959. The Morgan fingerprint density at radius 1 is 1.07 bits per heavy atom. The van der Waals surface area contributed by atoms with Gasteiger partial charge in [-0.2, -0.15) is 5.26 Å². The summed E-state index contributed by atoms with van der Waals surface area (Å²) in [5.41, 5.74) is 5.04. The molecule has 3 aromatic carbocycles. The number of benzene rings is 3. The van der Waals surface area contributed by atoms with Crippen LogP contribution in [0.3, 0.4) is 0 Å². The van der Waals surface area contributed by atoms with Crippen molar-refractivity contribution < 1.29 is 28.6 Å². The number of nitriles is 1. The highest BCUT2D eigenvalue weighted by molar-refractivity contribution is 6.32. The maximum Gasteiger partial charge on any atom is 0.303 e. The van der Waals surface area contributed by atoms with E-state index in [9.17, 15) is 19.2 Å². The zero-order chi connectivity index (χ0) is 31.1. The molecular weight excluding hydrogens is 585 g/mol. The first-order chi connectivity index (χ1) is 21.3. The van der Waals surface area contributed by atoms with E-state index in [1.807, 2.05) is 24.3 Å². The molecule has 0 bridgehead atoms. The number of ether oxygens (including phenoxy) is 2. The summed E-state index contributed by atoms with van der Waals surface area (Å²) in [4.78, 5) is 27.2. The minimum Gasteiger partial charge on any atom is -0.488 e. The molecule has 0 spiro atoms. The van der Waals surface area contributed by atoms with Crippen molar-refractivity contribution in [3.8, 4) is 28.7 Å². The van der Waals surface area contributed by atoms with Gasteiger partial charge in [0.1, 0.15) is 36.1 Å². The van der Waals surface area contributed by atoms with Gasteiger partial charge < -0.3 is 19.9 Å². The topological polar surface area (TPSA) is 122 Å². The van der Waals surface area contributed by atoms with E-state index in [4.69, 9.17) is 26.2 Å². The van der Waals surface area contributed by atoms with Gasteiger partial charge in [0.05, 0.1) is 10.6 Å². The van der Waals surface area contributed by atoms with Crippen molar-refractivity contribution in [3.63, 3.8) is 0 Å². The van der Waals surface area contributed by atoms with Crippen LogP contribution in [-0.4, -0.2) is 22.0 Å². The fourth-order valence-corrected chi connectivity index (χ4v) is 5.46. The van der Waals surface area contributed by atoms with Crippen molar-refractivity contribution in [1.82, 2.24) is 10.3 Å². The van der Waals surface area contributed by atoms with Crippen LogP contribution in [0.5, 0.6) is 11.5 Å². The standard InChI is InChI=1S/C34H29ClFN3O5/c35-28-14-23(19-39-33(40)9-4-10-34(41)42)31(43-20-22-13-21(16-37)17-38-18-22)15-32(28)44-30-12-11-25-24(6-3-7-27(25)30)26-5-1-2-8-29(26)36/h1-3,5-8,13-15,17-18,30H,4,9-12,19-20H2,(H,39,40)(H,41,42)/t30-/m0/s1. The lowest BCUT2D eigenvalue weighted by Crippen LogP contribution is -2.23. The molecule has 2 N–H and O–H groups in total. The Kier molecular flexibility index (Phi) is 9.72. The van der Waals surface area contributed by atoms with E-state index >= 15 is 0 Å². The van der Waals surface area contributed by atoms with Crippen molar-refractivity contribution in [2.45, 2.75) is 51.4 Å². The van der Waals surface area contributed by atoms with Gasteiger partial charge in [0.15, 0.2) is 0 Å². The first kappa shape index (κ1) is 30.5. The highest BCUT2D eigenvalue weighted by atomic mass is 35.5. The number of pyridine rings is 1. The number of carboxylic acid groups (broad SMARTS) is 1. The average Bonchev–Trinajstić information content (AvgIpc) is 3.43. The molecule has 224 valence electrons. The minimum absolute atomic E-state index is 0.0694. The van der Waals surface area contributed by atoms with E-state index in [2.05, 4.69) is 16.4 Å². The fraction of sp³-hybridized carbons (Fsp3) is 0.235. The number of carboxylic acids is 1. The van der Waals surface area contributed by atoms with Gasteiger partial charge in [-0.15, -0.1) is 0 Å². The number of rotatable bonds is 12. The molecule has 0 aliphatic heterocycles. The Bertz CT molecular complexity index is 1740. The van der Waals surface area contributed by atoms with Crippen LogP contribution in [0.25, 0.3) is 11.1 Å². The van der Waals surface area contributed by atoms with Crippen LogP contribution in [0.15, 0.2) is 73.1 Å². The zero-order valence-corrected chi connectivity index (χ0v) is 24.4. The molecule has 1 aliphatic rings. The molecule has 10 heteroatoms. The average molecular weight is 614 g/mol. The van der Waals surface area contributed by atoms with Gasteiger partial charge >= 0.3 is 5.97 Å². The van der Waals surface area contributed by atoms with E-state index in [-0.39, 0.29) is 50.2 Å². The first-order valence-corrected chi connectivity index (χ1v) is 14.5. The summed E-state index contributed by atoms with van der Waals surface area (Å²) in [5, 5.41) is 21.2. The van der Waals surface area contributed by atoms with Crippen LogP contribution in [0.4, 0.5) is 4.39 Å². The zero-order valence-electron chi connectivity index (χ0n) is 23.7. The third-order valence-electron chi connectivity index (χ3n) is 7.35. The second-order valence-corrected chi connectivity index (χ2v) is 10.8. The Morgan fingerprint density at radius 2 is 1.89 bits per heavy atom. The highest BCUT2D eigenvalue weighted by Gasteiger charge is 2.28. The Hall–Kier alpha value is -4.94. The number of hydrogen-bond donors (Lipinski definition) is 2. The van der Waals surface area contributed by atoms with Crippen molar-refractivity contribution >= 4 is 23.5 Å². The number of aromatic nitrogens is 1. The third kappa shape index (κ3) is 7.33. The largest absolute Gasteiger partial charge is 0.488 e. The quantitative estimate of drug-likeness (QED) is 0.178. The molecule has 5 rings (SSSR count). The summed E-state index contributed by atoms with van der Waals surface area (Å²) in [6.07, 6.45) is 4.32. The molecule has 0 unspecified atom stereocenters. The van der Waals surface area contributed by atoms with E-state index in [0.29, 0.717) is 51.6 Å². The predicted molar refractivity (Wildman–Crippen MR) is 162 cm³/mol. The van der Waals surface area contributed by atoms with Crippen LogP contribution >= 0.6 is 11.6 Å². The van der Waals surface area contributed by atoms with Gasteiger partial charge in [-0.25, -0.2) is 4.39 Å². The van der Waals surface area contributed by atoms with Crippen molar-refractivity contribution in [3.05, 3.63) is 112 Å². The van der Waals surface area contributed by atoms with Crippen LogP contribution in [-0.2, 0) is 29.2 Å². The molecule has 0 radical (unpaired) electrons. The van der Waals surface area contributed by atoms with Crippen LogP contribution in [0, 0.1) is 17.1 Å². The number of halogens is 2. The van der Waals surface area contributed by atoms with E-state index in [0.717, 1.165) is 16.7 Å². The van der Waals surface area contributed by atoms with E-state index < -0.39 is 5.97 Å². The number of fused-ring (bicyclic) bond motifs is 1. The number of aliphatic carboxylic acids is 1. The maximum absolute atomic E-state index is 14.6. The smallest absolute Gasteiger partial charge is 0.303 e. The second-order valence-electron chi connectivity index (χ2n) is 10.4. The lowest BCUT2D eigenvalue weighted by atomic mass is 9.96. The Labute approximate surface area is 259 Å². The molecule has 0 fully saturated rings. The molecule has 0 saturated heterocycles. The number of carbonyl (C=O) groups excluding carboxylic acids is 1. The molecule has 44 heavy (non-hydrogen) atoms. The first-order valence-electron chi connectivity index (χ1n) is 14.1. The normalized spacial score (nSPS) is 13.5. The number of nitrogens with zero attached hydrogens (tertiary/aromatic N) is 2. The lowest BCUT2D eigenvalue weighted by molar-refractivity contribution is -0.137. The second kappa shape index (κ2) is 14.0. The Morgan fingerprint density at radius 3 is 2.68 bits per heavy atom. The summed E-state index contributed by atoms with van der Waals surface area (Å²) < 4.78 is 27.2. The summed E-state index contributed by atoms with van der Waals surface area (Å²) in [6, 6.07) is 19.6. The van der Waals surface area contributed by atoms with Crippen LogP contribution in [0.1, 0.15) is 59.6 Å². The van der Waals surface area contributed by atoms with Gasteiger partial charge in [-0.05, 0) is 54.2 Å². The third-order valence-corrected chi connectivity index (χ3v) is 7.65. The van der Waals surface area contributed by atoms with Crippen LogP contribution < -0.4 is 14.8 Å². The molecule has 4 aromatic rings. The Balaban J connectivity index is 1.38. The monoisotopic (exact) mass is 613 g/mol. The van der Waals surface area contributed by atoms with Gasteiger partial charge in [-0.1, -0.05) is 48.0 Å². The molecule has 1 heterocycles. The number of amides is 1. The molecule has 1 amide bonds. The molecule has 1 aromatic heterocycles. The van der Waals surface area contributed by atoms with Crippen molar-refractivity contribution in [2.75, 3.05) is 0 Å². The summed E-state index contributed by atoms with van der Waals surface area (Å²) in [7, 11) is 0. The highest BCUT2D eigenvalue weighted by Crippen LogP contribution is 2.43. The van der Waals surface area contributed by atoms with Gasteiger partial charge in [0, 0.05) is 54.5 Å². The summed E-state index contributed by atoms with van der Waals surface area (Å²) in [5.74, 6) is -0.741. The summed E-state index contributed by atoms with van der Waals surface area (Å²) in [6.45, 7) is 0.192. The van der Waals surface area contributed by atoms with Crippen LogP contribution in [0.2, 0.25) is 5.02 Å². The van der Waals surface area contributed by atoms with Gasteiger partial charge in [0.2, 0.25) is 5.91 Å². The fourth-order valence-electron chi connectivity index (χ4n) is 5.23. The van der Waals surface area contributed by atoms with E-state index in [1.54, 1.807) is 36.5 Å². The predicted octanol–water partition coefficient (Wildman–Crippen LogP) is 6.93. The maximum atomic E-state index is 14.6. The number of nitrogens with one attached hydrogen (secondary N) is 1. The van der Waals surface area contributed by atoms with Gasteiger partial charge in [0.25, 0.3) is 0 Å². The molecule has 1 aliphatic carbocycles. The van der Waals surface area contributed by atoms with Crippen molar-refractivity contribution in [2.24, 2.45) is 0 Å². The molecular formula is C34H29ClFN3O5.